The lowest BCUT2D eigenvalue weighted by Gasteiger charge is -2.29. The van der Waals surface area contributed by atoms with Gasteiger partial charge in [-0.05, 0) is 69.0 Å². The number of aryl methyl sites for hydroxylation is 1. The van der Waals surface area contributed by atoms with E-state index in [0.717, 1.165) is 22.4 Å². The molecule has 0 spiro atoms. The number of ether oxygens (including phenoxy) is 2. The van der Waals surface area contributed by atoms with Gasteiger partial charge in [-0.1, -0.05) is 31.2 Å². The Morgan fingerprint density at radius 1 is 1.10 bits per heavy atom. The lowest BCUT2D eigenvalue weighted by Crippen LogP contribution is -2.46. The lowest BCUT2D eigenvalue weighted by atomic mass is 9.94. The summed E-state index contributed by atoms with van der Waals surface area (Å²) in [7, 11) is 0. The molecule has 158 valence electrons. The first-order chi connectivity index (χ1) is 14.3. The third-order valence-corrected chi connectivity index (χ3v) is 5.07. The van der Waals surface area contributed by atoms with Crippen molar-refractivity contribution in [3.63, 3.8) is 0 Å². The van der Waals surface area contributed by atoms with Crippen molar-refractivity contribution in [2.75, 3.05) is 0 Å². The van der Waals surface area contributed by atoms with Gasteiger partial charge in [-0.25, -0.2) is 9.59 Å². The predicted octanol–water partition coefficient (Wildman–Crippen LogP) is 5.07. The molecule has 1 heterocycles. The maximum absolute atomic E-state index is 12.7. The van der Waals surface area contributed by atoms with E-state index in [9.17, 15) is 9.59 Å². The average molecular weight is 408 g/mol. The van der Waals surface area contributed by atoms with Crippen LogP contribution in [0, 0.1) is 13.8 Å². The van der Waals surface area contributed by atoms with E-state index < -0.39 is 12.0 Å². The van der Waals surface area contributed by atoms with E-state index in [1.54, 1.807) is 13.8 Å². The van der Waals surface area contributed by atoms with Crippen molar-refractivity contribution in [1.82, 2.24) is 10.6 Å². The zero-order chi connectivity index (χ0) is 21.8. The molecule has 0 saturated heterocycles. The summed E-state index contributed by atoms with van der Waals surface area (Å²) in [6.07, 6.45) is 0.259. The van der Waals surface area contributed by atoms with E-state index in [2.05, 4.69) is 10.6 Å². The van der Waals surface area contributed by atoms with Crippen LogP contribution < -0.4 is 15.4 Å². The molecule has 2 N–H and O–H groups in total. The molecule has 30 heavy (non-hydrogen) atoms. The molecule has 0 fully saturated rings. The number of hydrogen-bond acceptors (Lipinski definition) is 4. The molecule has 3 rings (SSSR count). The van der Waals surface area contributed by atoms with Crippen molar-refractivity contribution in [3.8, 4) is 11.5 Å². The van der Waals surface area contributed by atoms with E-state index >= 15 is 0 Å². The molecule has 2 amide bonds. The Balaban J connectivity index is 1.90. The largest absolute Gasteiger partial charge is 0.459 e. The maximum atomic E-state index is 12.7. The normalized spacial score (nSPS) is 16.2. The first-order valence-corrected chi connectivity index (χ1v) is 10.2. The number of carbonyl (C=O) groups is 2. The fourth-order valence-corrected chi connectivity index (χ4v) is 3.36. The number of esters is 1. The summed E-state index contributed by atoms with van der Waals surface area (Å²) in [6.45, 7) is 9.55. The Hall–Kier alpha value is -3.28. The summed E-state index contributed by atoms with van der Waals surface area (Å²) < 4.78 is 11.4. The van der Waals surface area contributed by atoms with Gasteiger partial charge in [0.15, 0.2) is 0 Å². The summed E-state index contributed by atoms with van der Waals surface area (Å²) in [5.41, 5.74) is 4.02. The molecular weight excluding hydrogens is 380 g/mol. The minimum atomic E-state index is -0.588. The van der Waals surface area contributed by atoms with E-state index in [1.165, 1.54) is 0 Å². The predicted molar refractivity (Wildman–Crippen MR) is 115 cm³/mol. The van der Waals surface area contributed by atoms with Crippen LogP contribution in [0.2, 0.25) is 0 Å². The zero-order valence-electron chi connectivity index (χ0n) is 18.0. The quantitative estimate of drug-likeness (QED) is 0.655. The number of urea groups is 1. The molecule has 0 bridgehead atoms. The summed E-state index contributed by atoms with van der Waals surface area (Å²) in [4.78, 5) is 24.9. The summed E-state index contributed by atoms with van der Waals surface area (Å²) in [5, 5.41) is 5.57. The van der Waals surface area contributed by atoms with Gasteiger partial charge in [0.05, 0.1) is 17.7 Å². The maximum Gasteiger partial charge on any atom is 0.338 e. The topological polar surface area (TPSA) is 76.7 Å². The Bertz CT molecular complexity index is 977. The molecule has 0 aliphatic carbocycles. The molecule has 2 aromatic carbocycles. The summed E-state index contributed by atoms with van der Waals surface area (Å²) in [5.74, 6) is 1.04. The zero-order valence-corrected chi connectivity index (χ0v) is 18.0. The minimum Gasteiger partial charge on any atom is -0.459 e. The standard InChI is InChI=1S/C24H28N2O4/c1-6-19-21(23(27)29-14(2)3)22(26-24(28)25-19)17-10-12-18(13-11-17)30-20-9-7-8-15(4)16(20)5/h7-14,22H,6H2,1-5H3,(H2,25,26,28). The number of benzene rings is 2. The SMILES string of the molecule is CCC1=C(C(=O)OC(C)C)C(c2ccc(Oc3cccc(C)c3C)cc2)NC(=O)N1. The van der Waals surface area contributed by atoms with Crippen molar-refractivity contribution in [2.24, 2.45) is 0 Å². The number of amides is 2. The Labute approximate surface area is 177 Å². The minimum absolute atomic E-state index is 0.255. The Morgan fingerprint density at radius 2 is 1.80 bits per heavy atom. The third kappa shape index (κ3) is 4.64. The highest BCUT2D eigenvalue weighted by atomic mass is 16.5. The van der Waals surface area contributed by atoms with Gasteiger partial charge in [0, 0.05) is 5.70 Å². The molecule has 2 aromatic rings. The van der Waals surface area contributed by atoms with Gasteiger partial charge < -0.3 is 20.1 Å². The molecule has 1 atom stereocenters. The number of hydrogen-bond donors (Lipinski definition) is 2. The highest BCUT2D eigenvalue weighted by molar-refractivity contribution is 5.95. The number of allylic oxidation sites excluding steroid dienone is 1. The highest BCUT2D eigenvalue weighted by Gasteiger charge is 2.33. The first-order valence-electron chi connectivity index (χ1n) is 10.2. The van der Waals surface area contributed by atoms with Crippen LogP contribution in [-0.2, 0) is 9.53 Å². The van der Waals surface area contributed by atoms with Crippen LogP contribution >= 0.6 is 0 Å². The van der Waals surface area contributed by atoms with Crippen LogP contribution in [-0.4, -0.2) is 18.1 Å². The molecule has 6 nitrogen and oxygen atoms in total. The van der Waals surface area contributed by atoms with Crippen LogP contribution in [0.5, 0.6) is 11.5 Å². The molecule has 1 aliphatic heterocycles. The van der Waals surface area contributed by atoms with Gasteiger partial charge in [0.25, 0.3) is 0 Å². The number of nitrogens with one attached hydrogen (secondary N) is 2. The molecule has 0 radical (unpaired) electrons. The molecule has 1 aliphatic rings. The summed E-state index contributed by atoms with van der Waals surface area (Å²) in [6, 6.07) is 12.4. The lowest BCUT2D eigenvalue weighted by molar-refractivity contribution is -0.143. The van der Waals surface area contributed by atoms with Crippen molar-refractivity contribution in [3.05, 3.63) is 70.4 Å². The van der Waals surface area contributed by atoms with Gasteiger partial charge in [0.2, 0.25) is 0 Å². The van der Waals surface area contributed by atoms with Crippen LogP contribution in [0.1, 0.15) is 49.9 Å². The van der Waals surface area contributed by atoms with Gasteiger partial charge in [0.1, 0.15) is 11.5 Å². The van der Waals surface area contributed by atoms with Gasteiger partial charge in [-0.2, -0.15) is 0 Å². The third-order valence-electron chi connectivity index (χ3n) is 5.07. The van der Waals surface area contributed by atoms with E-state index in [-0.39, 0.29) is 12.1 Å². The van der Waals surface area contributed by atoms with E-state index in [0.29, 0.717) is 23.4 Å². The average Bonchev–Trinajstić information content (AvgIpc) is 2.70. The van der Waals surface area contributed by atoms with E-state index in [4.69, 9.17) is 9.47 Å². The van der Waals surface area contributed by atoms with Gasteiger partial charge >= 0.3 is 12.0 Å². The van der Waals surface area contributed by atoms with Crippen LogP contribution in [0.4, 0.5) is 4.79 Å². The smallest absolute Gasteiger partial charge is 0.338 e. The Kier molecular flexibility index (Phi) is 6.45. The molecule has 6 heteroatoms. The van der Waals surface area contributed by atoms with Gasteiger partial charge in [-0.15, -0.1) is 0 Å². The molecule has 1 unspecified atom stereocenters. The molecule has 0 saturated carbocycles. The molecule has 0 aromatic heterocycles. The van der Waals surface area contributed by atoms with Gasteiger partial charge in [-0.3, -0.25) is 0 Å². The second-order valence-corrected chi connectivity index (χ2v) is 7.60. The van der Waals surface area contributed by atoms with Crippen molar-refractivity contribution in [2.45, 2.75) is 53.2 Å². The highest BCUT2D eigenvalue weighted by Crippen LogP contribution is 2.32. The van der Waals surface area contributed by atoms with Crippen LogP contribution in [0.25, 0.3) is 0 Å². The van der Waals surface area contributed by atoms with Crippen LogP contribution in [0.15, 0.2) is 53.7 Å². The number of rotatable bonds is 6. The van der Waals surface area contributed by atoms with Crippen molar-refractivity contribution in [1.29, 1.82) is 0 Å². The van der Waals surface area contributed by atoms with Crippen molar-refractivity contribution >= 4 is 12.0 Å². The molecular formula is C24H28N2O4. The van der Waals surface area contributed by atoms with E-state index in [1.807, 2.05) is 63.2 Å². The monoisotopic (exact) mass is 408 g/mol. The Morgan fingerprint density at radius 3 is 2.43 bits per heavy atom. The fraction of sp³-hybridized carbons (Fsp3) is 0.333. The second-order valence-electron chi connectivity index (χ2n) is 7.60. The first kappa shape index (κ1) is 21.4. The second kappa shape index (κ2) is 9.03. The number of carbonyl (C=O) groups excluding carboxylic acids is 2. The fourth-order valence-electron chi connectivity index (χ4n) is 3.36. The van der Waals surface area contributed by atoms with Crippen LogP contribution in [0.3, 0.4) is 0 Å². The van der Waals surface area contributed by atoms with Crippen molar-refractivity contribution < 1.29 is 19.1 Å². The summed E-state index contributed by atoms with van der Waals surface area (Å²) >= 11 is 0.